The van der Waals surface area contributed by atoms with Gasteiger partial charge in [-0.15, -0.1) is 0 Å². The summed E-state index contributed by atoms with van der Waals surface area (Å²) in [5, 5.41) is 0. The molecule has 0 heterocycles. The van der Waals surface area contributed by atoms with Gasteiger partial charge in [-0.2, -0.15) is 0 Å². The Labute approximate surface area is 90.1 Å². The molecule has 4 atom stereocenters. The van der Waals surface area contributed by atoms with Crippen LogP contribution in [0.2, 0.25) is 0 Å². The molecule has 0 rings (SSSR count). The first-order chi connectivity index (χ1) is 6.70. The average molecular weight is 242 g/mol. The van der Waals surface area contributed by atoms with Gasteiger partial charge in [0.05, 0.1) is 0 Å². The van der Waals surface area contributed by atoms with Crippen molar-refractivity contribution >= 4 is 16.5 Å². The van der Waals surface area contributed by atoms with Gasteiger partial charge in [0.2, 0.25) is 0 Å². The van der Waals surface area contributed by atoms with Crippen molar-refractivity contribution in [1.82, 2.24) is 0 Å². The molecule has 0 nitrogen and oxygen atoms in total. The highest BCUT2D eigenvalue weighted by Crippen LogP contribution is 2.48. The van der Waals surface area contributed by atoms with E-state index in [1.54, 1.807) is 0 Å². The van der Waals surface area contributed by atoms with E-state index in [2.05, 4.69) is 13.8 Å². The molecule has 0 aromatic carbocycles. The molecule has 0 aliphatic carbocycles. The molecular formula is C10H22F2P2. The minimum atomic E-state index is -0.742. The maximum Gasteiger partial charge on any atom is 0.120 e. The van der Waals surface area contributed by atoms with E-state index in [1.807, 2.05) is 0 Å². The summed E-state index contributed by atoms with van der Waals surface area (Å²) >= 11 is 0. The van der Waals surface area contributed by atoms with Crippen molar-refractivity contribution in [3.63, 3.8) is 0 Å². The molecule has 0 aromatic heterocycles. The SMILES string of the molecule is CCCCC(F)PPC(F)CCCC. The van der Waals surface area contributed by atoms with Crippen LogP contribution in [0.5, 0.6) is 0 Å². The third-order valence-corrected chi connectivity index (χ3v) is 5.77. The minimum absolute atomic E-state index is 0.194. The molecule has 86 valence electrons. The Morgan fingerprint density at radius 1 is 0.857 bits per heavy atom. The number of rotatable bonds is 9. The predicted octanol–water partition coefficient (Wildman–Crippen LogP) is 5.23. The molecule has 14 heavy (non-hydrogen) atoms. The monoisotopic (exact) mass is 242 g/mol. The maximum absolute atomic E-state index is 13.1. The Balaban J connectivity index is 3.31. The van der Waals surface area contributed by atoms with Gasteiger partial charge in [-0.3, -0.25) is 0 Å². The van der Waals surface area contributed by atoms with Crippen LogP contribution >= 0.6 is 16.5 Å². The number of hydrogen-bond donors (Lipinski definition) is 0. The van der Waals surface area contributed by atoms with Crippen LogP contribution in [-0.4, -0.2) is 11.8 Å². The first-order valence-electron chi connectivity index (χ1n) is 5.49. The van der Waals surface area contributed by atoms with Crippen LogP contribution in [0.3, 0.4) is 0 Å². The third kappa shape index (κ3) is 9.28. The van der Waals surface area contributed by atoms with Crippen molar-refractivity contribution < 1.29 is 8.78 Å². The van der Waals surface area contributed by atoms with E-state index >= 15 is 0 Å². The van der Waals surface area contributed by atoms with E-state index in [0.29, 0.717) is 12.8 Å². The molecule has 0 bridgehead atoms. The summed E-state index contributed by atoms with van der Waals surface area (Å²) in [5.74, 6) is -1.48. The Hall–Kier alpha value is 0.720. The van der Waals surface area contributed by atoms with Crippen molar-refractivity contribution in [1.29, 1.82) is 0 Å². The van der Waals surface area contributed by atoms with Gasteiger partial charge >= 0.3 is 0 Å². The van der Waals surface area contributed by atoms with E-state index < -0.39 is 11.8 Å². The highest BCUT2D eigenvalue weighted by molar-refractivity contribution is 8.12. The van der Waals surface area contributed by atoms with Gasteiger partial charge < -0.3 is 0 Å². The molecule has 0 amide bonds. The second kappa shape index (κ2) is 10.2. The second-order valence-corrected chi connectivity index (χ2v) is 7.07. The summed E-state index contributed by atoms with van der Waals surface area (Å²) in [6.07, 6.45) is 5.19. The zero-order valence-electron chi connectivity index (χ0n) is 9.15. The van der Waals surface area contributed by atoms with Crippen molar-refractivity contribution in [3.05, 3.63) is 0 Å². The summed E-state index contributed by atoms with van der Waals surface area (Å²) in [6, 6.07) is 0. The highest BCUT2D eigenvalue weighted by Gasteiger charge is 2.10. The predicted molar refractivity (Wildman–Crippen MR) is 65.5 cm³/mol. The van der Waals surface area contributed by atoms with Gasteiger partial charge in [0.25, 0.3) is 0 Å². The topological polar surface area (TPSA) is 0 Å². The summed E-state index contributed by atoms with van der Waals surface area (Å²) in [7, 11) is 0.387. The molecule has 4 unspecified atom stereocenters. The van der Waals surface area contributed by atoms with Gasteiger partial charge in [-0.05, 0) is 12.8 Å². The Bertz CT molecular complexity index is 109. The second-order valence-electron chi connectivity index (χ2n) is 3.51. The molecular weight excluding hydrogens is 220 g/mol. The number of unbranched alkanes of at least 4 members (excludes halogenated alkanes) is 2. The third-order valence-electron chi connectivity index (χ3n) is 2.02. The highest BCUT2D eigenvalue weighted by atomic mass is 32.0. The van der Waals surface area contributed by atoms with Crippen molar-refractivity contribution in [2.75, 3.05) is 0 Å². The molecule has 0 aromatic rings. The Morgan fingerprint density at radius 2 is 1.21 bits per heavy atom. The fraction of sp³-hybridized carbons (Fsp3) is 1.00. The maximum atomic E-state index is 13.1. The van der Waals surface area contributed by atoms with E-state index in [9.17, 15) is 8.78 Å². The van der Waals surface area contributed by atoms with Gasteiger partial charge in [-0.1, -0.05) is 56.1 Å². The average Bonchev–Trinajstić information content (AvgIpc) is 2.20. The first kappa shape index (κ1) is 14.7. The molecule has 0 radical (unpaired) electrons. The summed E-state index contributed by atoms with van der Waals surface area (Å²) in [6.45, 7) is 4.11. The standard InChI is InChI=1S/C10H22F2P2/c1-3-5-7-9(11)13-14-10(12)8-6-4-2/h9-10,13-14H,3-8H2,1-2H3. The smallest absolute Gasteiger partial charge is 0.120 e. The van der Waals surface area contributed by atoms with Crippen LogP contribution in [0.15, 0.2) is 0 Å². The van der Waals surface area contributed by atoms with Crippen molar-refractivity contribution in [3.8, 4) is 0 Å². The summed E-state index contributed by atoms with van der Waals surface area (Å²) < 4.78 is 26.3. The molecule has 0 aliphatic heterocycles. The van der Waals surface area contributed by atoms with Gasteiger partial charge in [0, 0.05) is 0 Å². The molecule has 0 saturated heterocycles. The number of alkyl halides is 2. The molecule has 0 N–H and O–H groups in total. The Morgan fingerprint density at radius 3 is 1.50 bits per heavy atom. The van der Waals surface area contributed by atoms with Crippen LogP contribution in [0, 0.1) is 0 Å². The van der Waals surface area contributed by atoms with Gasteiger partial charge in [0.1, 0.15) is 11.8 Å². The zero-order valence-corrected chi connectivity index (χ0v) is 11.2. The lowest BCUT2D eigenvalue weighted by Gasteiger charge is -2.10. The lowest BCUT2D eigenvalue weighted by molar-refractivity contribution is 0.410. The lowest BCUT2D eigenvalue weighted by atomic mass is 10.3. The normalized spacial score (nSPS) is 17.1. The molecule has 0 saturated carbocycles. The lowest BCUT2D eigenvalue weighted by Crippen LogP contribution is -1.92. The Kier molecular flexibility index (Phi) is 10.8. The van der Waals surface area contributed by atoms with Crippen LogP contribution in [-0.2, 0) is 0 Å². The zero-order chi connectivity index (χ0) is 10.8. The van der Waals surface area contributed by atoms with Gasteiger partial charge in [-0.25, -0.2) is 8.78 Å². The first-order valence-corrected chi connectivity index (χ1v) is 8.65. The minimum Gasteiger partial charge on any atom is -0.242 e. The van der Waals surface area contributed by atoms with Gasteiger partial charge in [0.15, 0.2) is 0 Å². The van der Waals surface area contributed by atoms with E-state index in [4.69, 9.17) is 0 Å². The van der Waals surface area contributed by atoms with Crippen LogP contribution in [0.1, 0.15) is 52.4 Å². The molecule has 0 aliphatic rings. The quantitative estimate of drug-likeness (QED) is 0.485. The van der Waals surface area contributed by atoms with E-state index in [-0.39, 0.29) is 16.5 Å². The fourth-order valence-electron chi connectivity index (χ4n) is 1.09. The number of hydrogen-bond acceptors (Lipinski definition) is 0. The van der Waals surface area contributed by atoms with Crippen LogP contribution in [0.4, 0.5) is 8.78 Å². The van der Waals surface area contributed by atoms with Crippen LogP contribution < -0.4 is 0 Å². The fourth-order valence-corrected chi connectivity index (χ4v) is 4.10. The summed E-state index contributed by atoms with van der Waals surface area (Å²) in [4.78, 5) is 0. The number of halogens is 2. The van der Waals surface area contributed by atoms with E-state index in [1.165, 1.54) is 0 Å². The largest absolute Gasteiger partial charge is 0.242 e. The van der Waals surface area contributed by atoms with Crippen LogP contribution in [0.25, 0.3) is 0 Å². The molecule has 4 heteroatoms. The van der Waals surface area contributed by atoms with Crippen molar-refractivity contribution in [2.24, 2.45) is 0 Å². The molecule has 0 fully saturated rings. The van der Waals surface area contributed by atoms with Crippen molar-refractivity contribution in [2.45, 2.75) is 64.2 Å². The summed E-state index contributed by atoms with van der Waals surface area (Å²) in [5.41, 5.74) is 0. The van der Waals surface area contributed by atoms with E-state index in [0.717, 1.165) is 25.7 Å². The molecule has 0 spiro atoms.